The summed E-state index contributed by atoms with van der Waals surface area (Å²) in [6.07, 6.45) is 57.8. The van der Waals surface area contributed by atoms with Crippen LogP contribution in [0.1, 0.15) is 239 Å². The predicted molar refractivity (Wildman–Crippen MR) is 251 cm³/mol. The zero-order valence-electron chi connectivity index (χ0n) is 38.8. The van der Waals surface area contributed by atoms with Crippen molar-refractivity contribution >= 4 is 17.9 Å². The average Bonchev–Trinajstić information content (AvgIpc) is 3.23. The van der Waals surface area contributed by atoms with Crippen molar-refractivity contribution in [1.29, 1.82) is 0 Å². The summed E-state index contributed by atoms with van der Waals surface area (Å²) in [5.41, 5.74) is 0. The molecule has 1 atom stereocenters. The Balaban J connectivity index is 4.43. The van der Waals surface area contributed by atoms with Crippen molar-refractivity contribution in [3.8, 4) is 0 Å². The molecule has 0 heterocycles. The van der Waals surface area contributed by atoms with Crippen LogP contribution in [0.4, 0.5) is 0 Å². The summed E-state index contributed by atoms with van der Waals surface area (Å²) in [4.78, 5) is 37.8. The van der Waals surface area contributed by atoms with E-state index in [1.54, 1.807) is 0 Å². The highest BCUT2D eigenvalue weighted by atomic mass is 16.6. The van der Waals surface area contributed by atoms with Crippen molar-refractivity contribution in [1.82, 2.24) is 0 Å². The Labute approximate surface area is 364 Å². The molecular weight excluding hydrogens is 733 g/mol. The van der Waals surface area contributed by atoms with Gasteiger partial charge < -0.3 is 14.2 Å². The molecular formula is C53H92O6. The maximum Gasteiger partial charge on any atom is 0.306 e. The number of carbonyl (C=O) groups excluding carboxylic acids is 3. The fourth-order valence-electron chi connectivity index (χ4n) is 6.79. The van der Waals surface area contributed by atoms with Crippen LogP contribution in [0, 0.1) is 0 Å². The fourth-order valence-corrected chi connectivity index (χ4v) is 6.79. The molecule has 340 valence electrons. The lowest BCUT2D eigenvalue weighted by atomic mass is 10.1. The molecule has 6 heteroatoms. The van der Waals surface area contributed by atoms with Crippen LogP contribution in [0.5, 0.6) is 0 Å². The number of carbonyl (C=O) groups is 3. The first-order chi connectivity index (χ1) is 29.0. The summed E-state index contributed by atoms with van der Waals surface area (Å²) in [5.74, 6) is -0.955. The summed E-state index contributed by atoms with van der Waals surface area (Å²) in [6, 6.07) is 0. The van der Waals surface area contributed by atoms with E-state index in [1.165, 1.54) is 116 Å². The van der Waals surface area contributed by atoms with E-state index in [2.05, 4.69) is 81.5 Å². The first kappa shape index (κ1) is 56.1. The summed E-state index contributed by atoms with van der Waals surface area (Å²) in [6.45, 7) is 6.46. The highest BCUT2D eigenvalue weighted by molar-refractivity contribution is 5.71. The van der Waals surface area contributed by atoms with Crippen LogP contribution < -0.4 is 0 Å². The fraction of sp³-hybridized carbons (Fsp3) is 0.755. The lowest BCUT2D eigenvalue weighted by Crippen LogP contribution is -2.30. The summed E-state index contributed by atoms with van der Waals surface area (Å²) < 4.78 is 16.7. The molecule has 0 N–H and O–H groups in total. The number of rotatable bonds is 44. The molecule has 0 aromatic rings. The van der Waals surface area contributed by atoms with E-state index in [4.69, 9.17) is 14.2 Å². The number of allylic oxidation sites excluding steroid dienone is 10. The van der Waals surface area contributed by atoms with Gasteiger partial charge >= 0.3 is 17.9 Å². The van der Waals surface area contributed by atoms with Gasteiger partial charge in [-0.15, -0.1) is 0 Å². The van der Waals surface area contributed by atoms with E-state index < -0.39 is 6.10 Å². The molecule has 0 aromatic carbocycles. The summed E-state index contributed by atoms with van der Waals surface area (Å²) in [5, 5.41) is 0. The van der Waals surface area contributed by atoms with Crippen LogP contribution in [0.25, 0.3) is 0 Å². The minimum atomic E-state index is -0.795. The van der Waals surface area contributed by atoms with Crippen molar-refractivity contribution in [2.75, 3.05) is 13.2 Å². The van der Waals surface area contributed by atoms with Crippen molar-refractivity contribution in [2.24, 2.45) is 0 Å². The second kappa shape index (κ2) is 47.8. The van der Waals surface area contributed by atoms with Crippen molar-refractivity contribution in [2.45, 2.75) is 245 Å². The van der Waals surface area contributed by atoms with Gasteiger partial charge in [0, 0.05) is 19.3 Å². The van der Waals surface area contributed by atoms with Gasteiger partial charge in [0.1, 0.15) is 13.2 Å². The van der Waals surface area contributed by atoms with Gasteiger partial charge in [0.05, 0.1) is 0 Å². The molecule has 1 unspecified atom stereocenters. The third kappa shape index (κ3) is 46.0. The lowest BCUT2D eigenvalue weighted by molar-refractivity contribution is -0.167. The lowest BCUT2D eigenvalue weighted by Gasteiger charge is -2.18. The third-order valence-electron chi connectivity index (χ3n) is 10.5. The second-order valence-electron chi connectivity index (χ2n) is 16.3. The second-order valence-corrected chi connectivity index (χ2v) is 16.3. The Morgan fingerprint density at radius 2 is 0.678 bits per heavy atom. The van der Waals surface area contributed by atoms with Crippen LogP contribution in [-0.2, 0) is 28.6 Å². The maximum atomic E-state index is 12.7. The maximum absolute atomic E-state index is 12.7. The molecule has 0 aliphatic carbocycles. The Hall–Kier alpha value is -2.89. The number of esters is 3. The number of hydrogen-bond donors (Lipinski definition) is 0. The molecule has 0 amide bonds. The predicted octanol–water partition coefficient (Wildman–Crippen LogP) is 16.1. The smallest absolute Gasteiger partial charge is 0.306 e. The molecule has 0 saturated carbocycles. The molecule has 0 radical (unpaired) electrons. The van der Waals surface area contributed by atoms with Crippen LogP contribution in [0.2, 0.25) is 0 Å². The van der Waals surface area contributed by atoms with E-state index >= 15 is 0 Å². The van der Waals surface area contributed by atoms with E-state index in [1.807, 2.05) is 0 Å². The van der Waals surface area contributed by atoms with Crippen LogP contribution >= 0.6 is 0 Å². The molecule has 59 heavy (non-hydrogen) atoms. The largest absolute Gasteiger partial charge is 0.462 e. The van der Waals surface area contributed by atoms with Crippen molar-refractivity contribution in [3.05, 3.63) is 60.8 Å². The van der Waals surface area contributed by atoms with Gasteiger partial charge in [0.2, 0.25) is 0 Å². The van der Waals surface area contributed by atoms with Crippen LogP contribution in [0.3, 0.4) is 0 Å². The Morgan fingerprint density at radius 1 is 0.356 bits per heavy atom. The quantitative estimate of drug-likeness (QED) is 0.0263. The van der Waals surface area contributed by atoms with Gasteiger partial charge in [0.15, 0.2) is 6.10 Å². The highest BCUT2D eigenvalue weighted by Gasteiger charge is 2.19. The Bertz CT molecular complexity index is 1090. The Morgan fingerprint density at radius 3 is 1.10 bits per heavy atom. The van der Waals surface area contributed by atoms with Crippen molar-refractivity contribution in [3.63, 3.8) is 0 Å². The zero-order chi connectivity index (χ0) is 43.0. The van der Waals surface area contributed by atoms with Gasteiger partial charge in [0.25, 0.3) is 0 Å². The Kier molecular flexibility index (Phi) is 45.4. The van der Waals surface area contributed by atoms with E-state index in [-0.39, 0.29) is 37.5 Å². The van der Waals surface area contributed by atoms with E-state index in [0.29, 0.717) is 19.3 Å². The average molecular weight is 825 g/mol. The van der Waals surface area contributed by atoms with Crippen LogP contribution in [0.15, 0.2) is 60.8 Å². The first-order valence-corrected chi connectivity index (χ1v) is 24.8. The van der Waals surface area contributed by atoms with Gasteiger partial charge in [-0.25, -0.2) is 0 Å². The van der Waals surface area contributed by atoms with Gasteiger partial charge in [-0.05, 0) is 77.0 Å². The van der Waals surface area contributed by atoms with Crippen molar-refractivity contribution < 1.29 is 28.6 Å². The molecule has 0 aromatic heterocycles. The summed E-state index contributed by atoms with van der Waals surface area (Å²) >= 11 is 0. The molecule has 0 rings (SSSR count). The number of hydrogen-bond acceptors (Lipinski definition) is 6. The monoisotopic (exact) mass is 825 g/mol. The molecule has 0 aliphatic heterocycles. The molecule has 0 fully saturated rings. The summed E-state index contributed by atoms with van der Waals surface area (Å²) in [7, 11) is 0. The number of unbranched alkanes of at least 4 members (excludes halogenated alkanes) is 23. The zero-order valence-corrected chi connectivity index (χ0v) is 38.8. The standard InChI is InChI=1S/C53H92O6/c1-4-7-10-13-16-19-22-24-26-27-28-30-31-34-37-40-43-46-52(55)58-49-50(48-57-51(54)45-42-39-36-33-21-18-15-12-9-6-3)59-53(56)47-44-41-38-35-32-29-25-23-20-17-14-11-8-5-2/h8,11,17,20,24,26,28,30,34,37,50H,4-7,9-10,12-16,18-19,21-23,25,27,29,31-33,35-36,38-49H2,1-3H3/b11-8-,20-17-,26-24-,30-28-,37-34-. The number of ether oxygens (including phenoxy) is 3. The molecule has 0 bridgehead atoms. The minimum absolute atomic E-state index is 0.0919. The molecule has 0 saturated heterocycles. The van der Waals surface area contributed by atoms with E-state index in [9.17, 15) is 14.4 Å². The topological polar surface area (TPSA) is 78.9 Å². The van der Waals surface area contributed by atoms with E-state index in [0.717, 1.165) is 77.0 Å². The minimum Gasteiger partial charge on any atom is -0.462 e. The normalized spacial score (nSPS) is 12.5. The molecule has 0 spiro atoms. The van der Waals surface area contributed by atoms with Crippen LogP contribution in [-0.4, -0.2) is 37.2 Å². The first-order valence-electron chi connectivity index (χ1n) is 24.8. The third-order valence-corrected chi connectivity index (χ3v) is 10.5. The van der Waals surface area contributed by atoms with Gasteiger partial charge in [-0.1, -0.05) is 204 Å². The highest BCUT2D eigenvalue weighted by Crippen LogP contribution is 2.14. The van der Waals surface area contributed by atoms with Gasteiger partial charge in [-0.2, -0.15) is 0 Å². The van der Waals surface area contributed by atoms with Gasteiger partial charge in [-0.3, -0.25) is 14.4 Å². The molecule has 0 aliphatic rings. The molecule has 6 nitrogen and oxygen atoms in total. The SMILES string of the molecule is CC/C=C\C/C=C\CCCCCCCCCC(=O)OC(COC(=O)CCC/C=C\C/C=C\C/C=C\CCCCCCCC)COC(=O)CCCCCCCCCCCC.